The number of hydrogen-bond acceptors (Lipinski definition) is 2. The Balaban J connectivity index is 1.81. The zero-order valence-electron chi connectivity index (χ0n) is 13.1. The van der Waals surface area contributed by atoms with Gasteiger partial charge in [-0.3, -0.25) is 4.79 Å². The monoisotopic (exact) mass is 280 g/mol. The van der Waals surface area contributed by atoms with Crippen molar-refractivity contribution < 1.29 is 4.79 Å². The number of carbonyl (C=O) groups is 1. The second kappa shape index (κ2) is 7.44. The summed E-state index contributed by atoms with van der Waals surface area (Å²) in [6, 6.07) is 0.334. The van der Waals surface area contributed by atoms with E-state index in [0.29, 0.717) is 24.9 Å². The van der Waals surface area contributed by atoms with Crippen molar-refractivity contribution >= 4 is 5.91 Å². The van der Waals surface area contributed by atoms with Gasteiger partial charge in [-0.05, 0) is 50.5 Å². The van der Waals surface area contributed by atoms with Crippen molar-refractivity contribution in [3.8, 4) is 0 Å². The van der Waals surface area contributed by atoms with Gasteiger partial charge in [0.2, 0.25) is 5.91 Å². The van der Waals surface area contributed by atoms with E-state index < -0.39 is 0 Å². The van der Waals surface area contributed by atoms with E-state index in [2.05, 4.69) is 12.2 Å². The van der Waals surface area contributed by atoms with Gasteiger partial charge in [0.25, 0.3) is 0 Å². The van der Waals surface area contributed by atoms with Crippen LogP contribution >= 0.6 is 0 Å². The lowest BCUT2D eigenvalue weighted by molar-refractivity contribution is -0.124. The van der Waals surface area contributed by atoms with Crippen LogP contribution in [0, 0.1) is 11.3 Å². The maximum Gasteiger partial charge on any atom is 0.220 e. The molecule has 0 spiro atoms. The maximum absolute atomic E-state index is 12.4. The predicted octanol–water partition coefficient (Wildman–Crippen LogP) is 3.37. The highest BCUT2D eigenvalue weighted by Crippen LogP contribution is 2.38. The fraction of sp³-hybridized carbons (Fsp3) is 0.941. The molecule has 1 atom stereocenters. The lowest BCUT2D eigenvalue weighted by Crippen LogP contribution is -2.43. The van der Waals surface area contributed by atoms with E-state index in [-0.39, 0.29) is 11.3 Å². The van der Waals surface area contributed by atoms with Gasteiger partial charge in [0.1, 0.15) is 0 Å². The summed E-state index contributed by atoms with van der Waals surface area (Å²) in [6.07, 6.45) is 13.3. The third kappa shape index (κ3) is 4.21. The number of nitrogens with two attached hydrogens (primary N) is 1. The Labute approximate surface area is 124 Å². The first-order valence-corrected chi connectivity index (χ1v) is 8.65. The molecule has 1 amide bonds. The Morgan fingerprint density at radius 3 is 2.35 bits per heavy atom. The van der Waals surface area contributed by atoms with Gasteiger partial charge in [0.15, 0.2) is 0 Å². The number of rotatable bonds is 5. The highest BCUT2D eigenvalue weighted by atomic mass is 16.1. The second-order valence-corrected chi connectivity index (χ2v) is 7.20. The molecule has 20 heavy (non-hydrogen) atoms. The van der Waals surface area contributed by atoms with E-state index in [4.69, 9.17) is 5.73 Å². The van der Waals surface area contributed by atoms with Crippen LogP contribution in [0.2, 0.25) is 0 Å². The van der Waals surface area contributed by atoms with Crippen LogP contribution in [0.1, 0.15) is 77.6 Å². The smallest absolute Gasteiger partial charge is 0.220 e. The van der Waals surface area contributed by atoms with Crippen molar-refractivity contribution in [3.63, 3.8) is 0 Å². The van der Waals surface area contributed by atoms with Crippen molar-refractivity contribution in [1.82, 2.24) is 5.32 Å². The summed E-state index contributed by atoms with van der Waals surface area (Å²) in [4.78, 5) is 12.4. The molecule has 0 bridgehead atoms. The van der Waals surface area contributed by atoms with Crippen LogP contribution in [0.3, 0.4) is 0 Å². The van der Waals surface area contributed by atoms with E-state index in [0.717, 1.165) is 12.8 Å². The van der Waals surface area contributed by atoms with Crippen LogP contribution in [-0.4, -0.2) is 18.5 Å². The van der Waals surface area contributed by atoms with Crippen molar-refractivity contribution in [2.75, 3.05) is 6.54 Å². The minimum Gasteiger partial charge on any atom is -0.353 e. The summed E-state index contributed by atoms with van der Waals surface area (Å²) in [5.74, 6) is 0.920. The van der Waals surface area contributed by atoms with Gasteiger partial charge in [-0.1, -0.05) is 38.5 Å². The molecule has 2 saturated carbocycles. The average molecular weight is 280 g/mol. The number of carbonyl (C=O) groups excluding carboxylic acids is 1. The van der Waals surface area contributed by atoms with E-state index in [1.807, 2.05) is 0 Å². The molecule has 2 aliphatic carbocycles. The molecule has 3 heteroatoms. The SMILES string of the molecule is C[C@@H](NC(=O)CC1(CN)CCCCC1)C1CCCCC1. The summed E-state index contributed by atoms with van der Waals surface area (Å²) in [5.41, 5.74) is 6.07. The lowest BCUT2D eigenvalue weighted by atomic mass is 9.71. The van der Waals surface area contributed by atoms with Gasteiger partial charge in [-0.25, -0.2) is 0 Å². The molecule has 0 aromatic carbocycles. The molecule has 2 fully saturated rings. The van der Waals surface area contributed by atoms with Crippen LogP contribution in [0.4, 0.5) is 0 Å². The molecule has 0 aromatic heterocycles. The van der Waals surface area contributed by atoms with Crippen LogP contribution in [0.15, 0.2) is 0 Å². The Morgan fingerprint density at radius 1 is 1.15 bits per heavy atom. The topological polar surface area (TPSA) is 55.1 Å². The molecule has 0 heterocycles. The molecule has 0 radical (unpaired) electrons. The third-order valence-electron chi connectivity index (χ3n) is 5.63. The Bertz CT molecular complexity index is 304. The summed E-state index contributed by atoms with van der Waals surface area (Å²) < 4.78 is 0. The van der Waals surface area contributed by atoms with Crippen LogP contribution in [-0.2, 0) is 4.79 Å². The van der Waals surface area contributed by atoms with Crippen molar-refractivity contribution in [1.29, 1.82) is 0 Å². The zero-order chi connectivity index (χ0) is 14.4. The zero-order valence-corrected chi connectivity index (χ0v) is 13.1. The lowest BCUT2D eigenvalue weighted by Gasteiger charge is -2.36. The average Bonchev–Trinajstić information content (AvgIpc) is 2.49. The Morgan fingerprint density at radius 2 is 1.75 bits per heavy atom. The number of nitrogens with one attached hydrogen (secondary N) is 1. The Hall–Kier alpha value is -0.570. The molecule has 3 nitrogen and oxygen atoms in total. The van der Waals surface area contributed by atoms with Crippen molar-refractivity contribution in [2.24, 2.45) is 17.1 Å². The molecule has 2 aliphatic rings. The standard InChI is InChI=1S/C17H32N2O/c1-14(15-8-4-2-5-9-15)19-16(20)12-17(13-18)10-6-3-7-11-17/h14-15H,2-13,18H2,1H3,(H,19,20)/t14-/m1/s1. The fourth-order valence-electron chi connectivity index (χ4n) is 4.15. The Kier molecular flexibility index (Phi) is 5.88. The summed E-state index contributed by atoms with van der Waals surface area (Å²) in [7, 11) is 0. The summed E-state index contributed by atoms with van der Waals surface area (Å²) in [6.45, 7) is 2.85. The molecule has 0 unspecified atom stereocenters. The summed E-state index contributed by atoms with van der Waals surface area (Å²) >= 11 is 0. The van der Waals surface area contributed by atoms with Gasteiger partial charge in [0.05, 0.1) is 0 Å². The van der Waals surface area contributed by atoms with Gasteiger partial charge in [-0.2, -0.15) is 0 Å². The predicted molar refractivity (Wildman–Crippen MR) is 83.4 cm³/mol. The molecule has 2 rings (SSSR count). The molecule has 3 N–H and O–H groups in total. The molecular weight excluding hydrogens is 248 g/mol. The number of amides is 1. The molecule has 116 valence electrons. The first-order valence-electron chi connectivity index (χ1n) is 8.65. The van der Waals surface area contributed by atoms with Crippen molar-refractivity contribution in [2.45, 2.75) is 83.6 Å². The fourth-order valence-corrected chi connectivity index (χ4v) is 4.15. The van der Waals surface area contributed by atoms with Gasteiger partial charge in [-0.15, -0.1) is 0 Å². The van der Waals surface area contributed by atoms with Crippen molar-refractivity contribution in [3.05, 3.63) is 0 Å². The van der Waals surface area contributed by atoms with E-state index in [9.17, 15) is 4.79 Å². The summed E-state index contributed by atoms with van der Waals surface area (Å²) in [5, 5.41) is 3.26. The van der Waals surface area contributed by atoms with Crippen LogP contribution in [0.25, 0.3) is 0 Å². The molecule has 0 aliphatic heterocycles. The van der Waals surface area contributed by atoms with Gasteiger partial charge >= 0.3 is 0 Å². The molecular formula is C17H32N2O. The first kappa shape index (κ1) is 15.8. The highest BCUT2D eigenvalue weighted by Gasteiger charge is 2.33. The minimum atomic E-state index is 0.0919. The van der Waals surface area contributed by atoms with E-state index in [1.54, 1.807) is 0 Å². The quantitative estimate of drug-likeness (QED) is 0.811. The van der Waals surface area contributed by atoms with Gasteiger partial charge < -0.3 is 11.1 Å². The molecule has 0 aromatic rings. The number of hydrogen-bond donors (Lipinski definition) is 2. The normalized spacial score (nSPS) is 25.1. The van der Waals surface area contributed by atoms with E-state index >= 15 is 0 Å². The minimum absolute atomic E-state index is 0.0919. The van der Waals surface area contributed by atoms with E-state index in [1.165, 1.54) is 51.4 Å². The van der Waals surface area contributed by atoms with Crippen LogP contribution < -0.4 is 11.1 Å². The van der Waals surface area contributed by atoms with Gasteiger partial charge in [0, 0.05) is 12.5 Å². The molecule has 0 saturated heterocycles. The second-order valence-electron chi connectivity index (χ2n) is 7.20. The third-order valence-corrected chi connectivity index (χ3v) is 5.63. The highest BCUT2D eigenvalue weighted by molar-refractivity contribution is 5.77. The van der Waals surface area contributed by atoms with Crippen LogP contribution in [0.5, 0.6) is 0 Å². The largest absolute Gasteiger partial charge is 0.353 e. The maximum atomic E-state index is 12.4. The first-order chi connectivity index (χ1) is 9.65.